The van der Waals surface area contributed by atoms with Crippen LogP contribution in [0.1, 0.15) is 21.4 Å². The van der Waals surface area contributed by atoms with Gasteiger partial charge in [0.2, 0.25) is 0 Å². The van der Waals surface area contributed by atoms with E-state index in [0.29, 0.717) is 0 Å². The number of guanidine groups is 1. The third-order valence-electron chi connectivity index (χ3n) is 4.01. The summed E-state index contributed by atoms with van der Waals surface area (Å²) in [5.41, 5.74) is 1.21. The Labute approximate surface area is 154 Å². The molecule has 0 aliphatic rings. The number of thiophene rings is 1. The van der Waals surface area contributed by atoms with Crippen LogP contribution in [0.15, 0.2) is 41.4 Å². The molecule has 136 valence electrons. The van der Waals surface area contributed by atoms with Crippen LogP contribution in [0, 0.1) is 6.92 Å². The predicted molar refractivity (Wildman–Crippen MR) is 107 cm³/mol. The number of nitrogens with one attached hydrogen (secondary N) is 2. The second-order valence-corrected chi connectivity index (χ2v) is 7.45. The largest absolute Gasteiger partial charge is 0.497 e. The minimum absolute atomic E-state index is 0.220. The van der Waals surface area contributed by atoms with Crippen molar-refractivity contribution in [3.8, 4) is 5.75 Å². The Balaban J connectivity index is 1.96. The summed E-state index contributed by atoms with van der Waals surface area (Å²) >= 11 is 1.80. The Hall–Kier alpha value is -2.05. The molecule has 6 heteroatoms. The second-order valence-electron chi connectivity index (χ2n) is 6.08. The molecule has 2 N–H and O–H groups in total. The number of methoxy groups -OCH3 is 1. The van der Waals surface area contributed by atoms with Crippen LogP contribution in [0.25, 0.3) is 0 Å². The van der Waals surface area contributed by atoms with E-state index in [1.807, 2.05) is 12.1 Å². The minimum Gasteiger partial charge on any atom is -0.497 e. The van der Waals surface area contributed by atoms with Crippen molar-refractivity contribution in [1.29, 1.82) is 0 Å². The number of nitrogens with zero attached hydrogens (tertiary/aromatic N) is 2. The van der Waals surface area contributed by atoms with Gasteiger partial charge >= 0.3 is 0 Å². The molecule has 0 amide bonds. The number of likely N-dealkylation sites (N-methyl/N-ethyl adjacent to an activating group) is 1. The molecule has 25 heavy (non-hydrogen) atoms. The highest BCUT2D eigenvalue weighted by Gasteiger charge is 2.15. The molecule has 1 atom stereocenters. The van der Waals surface area contributed by atoms with Gasteiger partial charge in [0, 0.05) is 23.3 Å². The summed E-state index contributed by atoms with van der Waals surface area (Å²) in [5.74, 6) is 1.68. The number of ether oxygens (including phenoxy) is 1. The fourth-order valence-corrected chi connectivity index (χ4v) is 3.44. The number of aryl methyl sites for hydroxylation is 1. The molecule has 0 bridgehead atoms. The summed E-state index contributed by atoms with van der Waals surface area (Å²) in [6.45, 7) is 3.66. The van der Waals surface area contributed by atoms with E-state index in [1.54, 1.807) is 25.5 Å². The molecule has 0 spiro atoms. The summed E-state index contributed by atoms with van der Waals surface area (Å²) in [6.07, 6.45) is 0. The van der Waals surface area contributed by atoms with Gasteiger partial charge in [0.1, 0.15) is 5.75 Å². The van der Waals surface area contributed by atoms with E-state index in [2.05, 4.69) is 65.8 Å². The molecular weight excluding hydrogens is 332 g/mol. The van der Waals surface area contributed by atoms with Crippen molar-refractivity contribution >= 4 is 17.3 Å². The number of benzene rings is 1. The third kappa shape index (κ3) is 5.76. The average Bonchev–Trinajstić information content (AvgIpc) is 3.03. The standard InChI is InChI=1S/C19H28N4OS/c1-14-9-10-17(25-14)12-21-19(20-2)22-13-18(23(3)4)15-7-6-8-16(11-15)24-5/h6-11,18H,12-13H2,1-5H3,(H2,20,21,22). The van der Waals surface area contributed by atoms with Crippen molar-refractivity contribution in [2.75, 3.05) is 34.8 Å². The zero-order valence-corrected chi connectivity index (χ0v) is 16.5. The van der Waals surface area contributed by atoms with E-state index in [9.17, 15) is 0 Å². The fourth-order valence-electron chi connectivity index (χ4n) is 2.61. The van der Waals surface area contributed by atoms with Gasteiger partial charge in [-0.1, -0.05) is 12.1 Å². The summed E-state index contributed by atoms with van der Waals surface area (Å²) in [7, 11) is 7.65. The van der Waals surface area contributed by atoms with Crippen molar-refractivity contribution in [2.45, 2.75) is 19.5 Å². The van der Waals surface area contributed by atoms with Gasteiger partial charge in [0.25, 0.3) is 0 Å². The first kappa shape index (κ1) is 19.3. The monoisotopic (exact) mass is 360 g/mol. The number of hydrogen-bond acceptors (Lipinski definition) is 4. The summed E-state index contributed by atoms with van der Waals surface area (Å²) < 4.78 is 5.35. The van der Waals surface area contributed by atoms with E-state index >= 15 is 0 Å². The lowest BCUT2D eigenvalue weighted by Gasteiger charge is -2.26. The second kappa shape index (κ2) is 9.44. The summed E-state index contributed by atoms with van der Waals surface area (Å²) in [5, 5.41) is 6.80. The first-order valence-corrected chi connectivity index (χ1v) is 9.15. The van der Waals surface area contributed by atoms with E-state index in [4.69, 9.17) is 4.74 Å². The molecule has 0 aliphatic heterocycles. The number of aliphatic imine (C=N–C) groups is 1. The SMILES string of the molecule is CN=C(NCc1ccc(C)s1)NCC(c1cccc(OC)c1)N(C)C. The molecule has 5 nitrogen and oxygen atoms in total. The van der Waals surface area contributed by atoms with Crippen LogP contribution in [0.2, 0.25) is 0 Å². The van der Waals surface area contributed by atoms with Gasteiger partial charge < -0.3 is 20.3 Å². The van der Waals surface area contributed by atoms with E-state index in [1.165, 1.54) is 15.3 Å². The van der Waals surface area contributed by atoms with Crippen molar-refractivity contribution < 1.29 is 4.74 Å². The molecule has 1 unspecified atom stereocenters. The Kier molecular flexibility index (Phi) is 7.28. The first-order valence-electron chi connectivity index (χ1n) is 8.33. The smallest absolute Gasteiger partial charge is 0.191 e. The zero-order chi connectivity index (χ0) is 18.2. The lowest BCUT2D eigenvalue weighted by molar-refractivity contribution is 0.297. The van der Waals surface area contributed by atoms with Crippen LogP contribution in [-0.2, 0) is 6.54 Å². The minimum atomic E-state index is 0.220. The maximum atomic E-state index is 5.35. The quantitative estimate of drug-likeness (QED) is 0.589. The predicted octanol–water partition coefficient (Wildman–Crippen LogP) is 3.03. The maximum absolute atomic E-state index is 5.35. The molecule has 1 aromatic carbocycles. The van der Waals surface area contributed by atoms with Gasteiger partial charge in [0.05, 0.1) is 19.7 Å². The summed E-state index contributed by atoms with van der Waals surface area (Å²) in [4.78, 5) is 9.14. The van der Waals surface area contributed by atoms with Crippen molar-refractivity contribution in [3.05, 3.63) is 51.7 Å². The van der Waals surface area contributed by atoms with Crippen molar-refractivity contribution in [1.82, 2.24) is 15.5 Å². The lowest BCUT2D eigenvalue weighted by atomic mass is 10.1. The summed E-state index contributed by atoms with van der Waals surface area (Å²) in [6, 6.07) is 12.7. The van der Waals surface area contributed by atoms with Crippen LogP contribution < -0.4 is 15.4 Å². The normalized spacial score (nSPS) is 13.0. The third-order valence-corrected chi connectivity index (χ3v) is 5.02. The van der Waals surface area contributed by atoms with Crippen molar-refractivity contribution in [2.24, 2.45) is 4.99 Å². The molecule has 0 saturated carbocycles. The van der Waals surface area contributed by atoms with E-state index in [0.717, 1.165) is 24.8 Å². The van der Waals surface area contributed by atoms with Crippen LogP contribution in [0.4, 0.5) is 0 Å². The van der Waals surface area contributed by atoms with Crippen LogP contribution in [0.3, 0.4) is 0 Å². The molecule has 2 aromatic rings. The Morgan fingerprint density at radius 2 is 2.04 bits per heavy atom. The van der Waals surface area contributed by atoms with Crippen LogP contribution in [0.5, 0.6) is 5.75 Å². The molecule has 0 fully saturated rings. The topological polar surface area (TPSA) is 48.9 Å². The van der Waals surface area contributed by atoms with Crippen LogP contribution >= 0.6 is 11.3 Å². The highest BCUT2D eigenvalue weighted by atomic mass is 32.1. The number of rotatable bonds is 7. The lowest BCUT2D eigenvalue weighted by Crippen LogP contribution is -2.41. The first-order chi connectivity index (χ1) is 12.0. The molecule has 0 radical (unpaired) electrons. The molecule has 0 saturated heterocycles. The molecule has 0 aliphatic carbocycles. The maximum Gasteiger partial charge on any atom is 0.191 e. The van der Waals surface area contributed by atoms with E-state index < -0.39 is 0 Å². The highest BCUT2D eigenvalue weighted by Crippen LogP contribution is 2.22. The Morgan fingerprint density at radius 3 is 2.64 bits per heavy atom. The van der Waals surface area contributed by atoms with Gasteiger partial charge in [-0.2, -0.15) is 0 Å². The van der Waals surface area contributed by atoms with Crippen LogP contribution in [-0.4, -0.2) is 45.7 Å². The molecule has 2 rings (SSSR count). The Bertz CT molecular complexity index is 696. The molecule has 1 heterocycles. The van der Waals surface area contributed by atoms with Gasteiger partial charge in [0.15, 0.2) is 5.96 Å². The van der Waals surface area contributed by atoms with Gasteiger partial charge in [-0.3, -0.25) is 4.99 Å². The number of hydrogen-bond donors (Lipinski definition) is 2. The van der Waals surface area contributed by atoms with E-state index in [-0.39, 0.29) is 6.04 Å². The van der Waals surface area contributed by atoms with Gasteiger partial charge in [-0.15, -0.1) is 11.3 Å². The fraction of sp³-hybridized carbons (Fsp3) is 0.421. The highest BCUT2D eigenvalue weighted by molar-refractivity contribution is 7.11. The molecule has 1 aromatic heterocycles. The zero-order valence-electron chi connectivity index (χ0n) is 15.7. The van der Waals surface area contributed by atoms with Crippen molar-refractivity contribution in [3.63, 3.8) is 0 Å². The van der Waals surface area contributed by atoms with Gasteiger partial charge in [-0.05, 0) is 50.8 Å². The average molecular weight is 361 g/mol. The molecular formula is C19H28N4OS. The Morgan fingerprint density at radius 1 is 1.24 bits per heavy atom. The van der Waals surface area contributed by atoms with Gasteiger partial charge in [-0.25, -0.2) is 0 Å².